The van der Waals surface area contributed by atoms with Crippen molar-refractivity contribution in [2.45, 2.75) is 52.7 Å². The van der Waals surface area contributed by atoms with Crippen LogP contribution < -0.4 is 14.8 Å². The van der Waals surface area contributed by atoms with Gasteiger partial charge in [0.15, 0.2) is 0 Å². The molecule has 0 heterocycles. The molecular weight excluding hydrogens is 238 g/mol. The summed E-state index contributed by atoms with van der Waals surface area (Å²) in [6.07, 6.45) is 3.34. The molecule has 0 fully saturated rings. The van der Waals surface area contributed by atoms with E-state index in [1.54, 1.807) is 0 Å². The molecule has 0 atom stereocenters. The maximum atomic E-state index is 6.10. The number of rotatable bonds is 9. The Kier molecular flexibility index (Phi) is 7.34. The summed E-state index contributed by atoms with van der Waals surface area (Å²) in [4.78, 5) is 0. The van der Waals surface area contributed by atoms with Crippen molar-refractivity contribution >= 4 is 0 Å². The van der Waals surface area contributed by atoms with Crippen molar-refractivity contribution in [1.82, 2.24) is 5.32 Å². The molecule has 0 spiro atoms. The molecule has 3 heteroatoms. The fraction of sp³-hybridized carbons (Fsp3) is 0.625. The second-order valence-corrected chi connectivity index (χ2v) is 4.70. The third-order valence-corrected chi connectivity index (χ3v) is 3.08. The summed E-state index contributed by atoms with van der Waals surface area (Å²) in [6, 6.07) is 6.11. The Morgan fingerprint density at radius 1 is 1.16 bits per heavy atom. The van der Waals surface area contributed by atoms with Crippen molar-refractivity contribution < 1.29 is 9.47 Å². The first-order chi connectivity index (χ1) is 9.24. The molecule has 0 aromatic heterocycles. The van der Waals surface area contributed by atoms with Gasteiger partial charge in [0.2, 0.25) is 0 Å². The van der Waals surface area contributed by atoms with Crippen LogP contribution in [-0.4, -0.2) is 19.8 Å². The summed E-state index contributed by atoms with van der Waals surface area (Å²) < 4.78 is 11.8. The van der Waals surface area contributed by atoms with Gasteiger partial charge in [0.05, 0.1) is 12.7 Å². The first kappa shape index (κ1) is 15.8. The molecule has 0 saturated heterocycles. The summed E-state index contributed by atoms with van der Waals surface area (Å²) in [5.74, 6) is 1.83. The first-order valence-electron chi connectivity index (χ1n) is 7.32. The minimum absolute atomic E-state index is 0.275. The van der Waals surface area contributed by atoms with Gasteiger partial charge in [-0.3, -0.25) is 0 Å². The Morgan fingerprint density at radius 3 is 2.47 bits per heavy atom. The van der Waals surface area contributed by atoms with Crippen molar-refractivity contribution in [2.24, 2.45) is 0 Å². The quantitative estimate of drug-likeness (QED) is 0.737. The molecule has 0 amide bonds. The molecule has 0 unspecified atom stereocenters. The fourth-order valence-electron chi connectivity index (χ4n) is 1.93. The molecule has 1 aromatic rings. The highest BCUT2D eigenvalue weighted by molar-refractivity contribution is 5.41. The Bertz CT molecular complexity index is 362. The van der Waals surface area contributed by atoms with E-state index < -0.39 is 0 Å². The average Bonchev–Trinajstić information content (AvgIpc) is 2.44. The Balaban J connectivity index is 2.87. The molecular formula is C16H27NO2. The Morgan fingerprint density at radius 2 is 1.89 bits per heavy atom. The lowest BCUT2D eigenvalue weighted by Gasteiger charge is -2.19. The van der Waals surface area contributed by atoms with E-state index in [2.05, 4.69) is 32.2 Å². The van der Waals surface area contributed by atoms with E-state index in [0.29, 0.717) is 0 Å². The van der Waals surface area contributed by atoms with E-state index in [4.69, 9.17) is 9.47 Å². The van der Waals surface area contributed by atoms with Gasteiger partial charge in [-0.05, 0) is 32.4 Å². The van der Waals surface area contributed by atoms with Gasteiger partial charge in [0.25, 0.3) is 0 Å². The molecule has 108 valence electrons. The molecule has 3 nitrogen and oxygen atoms in total. The van der Waals surface area contributed by atoms with Gasteiger partial charge in [-0.25, -0.2) is 0 Å². The van der Waals surface area contributed by atoms with E-state index in [-0.39, 0.29) is 6.10 Å². The topological polar surface area (TPSA) is 30.5 Å². The second kappa shape index (κ2) is 8.81. The largest absolute Gasteiger partial charge is 0.493 e. The standard InChI is InChI=1S/C16H27NO2/c1-5-10-18-15-9-8-13(12-17-4)16(11-15)19-14(6-2)7-3/h8-9,11,14,17H,5-7,10,12H2,1-4H3. The molecule has 1 rings (SSSR count). The van der Waals surface area contributed by atoms with E-state index in [9.17, 15) is 0 Å². The van der Waals surface area contributed by atoms with Gasteiger partial charge in [-0.2, -0.15) is 0 Å². The van der Waals surface area contributed by atoms with Gasteiger partial charge in [0, 0.05) is 18.2 Å². The highest BCUT2D eigenvalue weighted by Crippen LogP contribution is 2.27. The van der Waals surface area contributed by atoms with Crippen LogP contribution in [0.2, 0.25) is 0 Å². The van der Waals surface area contributed by atoms with Crippen molar-refractivity contribution in [1.29, 1.82) is 0 Å². The summed E-state index contributed by atoms with van der Waals surface area (Å²) in [7, 11) is 1.95. The second-order valence-electron chi connectivity index (χ2n) is 4.70. The maximum absolute atomic E-state index is 6.10. The van der Waals surface area contributed by atoms with Crippen LogP contribution in [0.4, 0.5) is 0 Å². The van der Waals surface area contributed by atoms with Crippen LogP contribution in [0.25, 0.3) is 0 Å². The lowest BCUT2D eigenvalue weighted by molar-refractivity contribution is 0.189. The van der Waals surface area contributed by atoms with Crippen molar-refractivity contribution in [3.63, 3.8) is 0 Å². The number of benzene rings is 1. The predicted molar refractivity (Wildman–Crippen MR) is 80.0 cm³/mol. The van der Waals surface area contributed by atoms with Crippen LogP contribution in [0, 0.1) is 0 Å². The van der Waals surface area contributed by atoms with Gasteiger partial charge in [-0.15, -0.1) is 0 Å². The van der Waals surface area contributed by atoms with Gasteiger partial charge < -0.3 is 14.8 Å². The maximum Gasteiger partial charge on any atom is 0.127 e. The summed E-state index contributed by atoms with van der Waals surface area (Å²) in [6.45, 7) is 7.98. The lowest BCUT2D eigenvalue weighted by atomic mass is 10.1. The third kappa shape index (κ3) is 5.11. The summed E-state index contributed by atoms with van der Waals surface area (Å²) in [5, 5.41) is 3.18. The zero-order valence-electron chi connectivity index (χ0n) is 12.7. The normalized spacial score (nSPS) is 10.8. The zero-order valence-corrected chi connectivity index (χ0v) is 12.7. The summed E-state index contributed by atoms with van der Waals surface area (Å²) in [5.41, 5.74) is 1.18. The fourth-order valence-corrected chi connectivity index (χ4v) is 1.93. The van der Waals surface area contributed by atoms with Crippen LogP contribution in [0.5, 0.6) is 11.5 Å². The van der Waals surface area contributed by atoms with E-state index in [1.165, 1.54) is 5.56 Å². The smallest absolute Gasteiger partial charge is 0.127 e. The van der Waals surface area contributed by atoms with Crippen molar-refractivity contribution in [3.8, 4) is 11.5 Å². The van der Waals surface area contributed by atoms with Crippen LogP contribution in [0.3, 0.4) is 0 Å². The molecule has 0 radical (unpaired) electrons. The van der Waals surface area contributed by atoms with Crippen LogP contribution in [0.15, 0.2) is 18.2 Å². The van der Waals surface area contributed by atoms with Crippen LogP contribution in [0.1, 0.15) is 45.6 Å². The monoisotopic (exact) mass is 265 g/mol. The van der Waals surface area contributed by atoms with Gasteiger partial charge in [-0.1, -0.05) is 26.8 Å². The van der Waals surface area contributed by atoms with Crippen LogP contribution in [-0.2, 0) is 6.54 Å². The molecule has 0 saturated carbocycles. The molecule has 1 N–H and O–H groups in total. The minimum atomic E-state index is 0.275. The molecule has 0 aliphatic rings. The van der Waals surface area contributed by atoms with Gasteiger partial charge >= 0.3 is 0 Å². The van der Waals surface area contributed by atoms with Crippen molar-refractivity contribution in [2.75, 3.05) is 13.7 Å². The van der Waals surface area contributed by atoms with Crippen molar-refractivity contribution in [3.05, 3.63) is 23.8 Å². The van der Waals surface area contributed by atoms with E-state index in [1.807, 2.05) is 19.2 Å². The first-order valence-corrected chi connectivity index (χ1v) is 7.32. The van der Waals surface area contributed by atoms with E-state index in [0.717, 1.165) is 43.9 Å². The molecule has 0 aliphatic heterocycles. The summed E-state index contributed by atoms with van der Waals surface area (Å²) >= 11 is 0. The Labute approximate surface area is 117 Å². The number of hydrogen-bond donors (Lipinski definition) is 1. The SMILES string of the molecule is CCCOc1ccc(CNC)c(OC(CC)CC)c1. The highest BCUT2D eigenvalue weighted by Gasteiger charge is 2.10. The lowest BCUT2D eigenvalue weighted by Crippen LogP contribution is -2.16. The number of ether oxygens (including phenoxy) is 2. The minimum Gasteiger partial charge on any atom is -0.493 e. The zero-order chi connectivity index (χ0) is 14.1. The molecule has 19 heavy (non-hydrogen) atoms. The Hall–Kier alpha value is -1.22. The number of nitrogens with one attached hydrogen (secondary N) is 1. The molecule has 1 aromatic carbocycles. The van der Waals surface area contributed by atoms with E-state index >= 15 is 0 Å². The molecule has 0 aliphatic carbocycles. The predicted octanol–water partition coefficient (Wildman–Crippen LogP) is 3.76. The number of hydrogen-bond acceptors (Lipinski definition) is 3. The van der Waals surface area contributed by atoms with Crippen LogP contribution >= 0.6 is 0 Å². The third-order valence-electron chi connectivity index (χ3n) is 3.08. The average molecular weight is 265 g/mol. The van der Waals surface area contributed by atoms with Gasteiger partial charge in [0.1, 0.15) is 11.5 Å². The highest BCUT2D eigenvalue weighted by atomic mass is 16.5. The molecule has 0 bridgehead atoms.